The van der Waals surface area contributed by atoms with Crippen molar-refractivity contribution < 1.29 is 4.79 Å². The van der Waals surface area contributed by atoms with Gasteiger partial charge in [-0.05, 0) is 48.4 Å². The third-order valence-corrected chi connectivity index (χ3v) is 7.13. The van der Waals surface area contributed by atoms with Gasteiger partial charge in [-0.3, -0.25) is 9.69 Å². The highest BCUT2D eigenvalue weighted by Crippen LogP contribution is 2.23. The van der Waals surface area contributed by atoms with Crippen LogP contribution in [0.4, 0.5) is 11.5 Å². The Morgan fingerprint density at radius 3 is 2.39 bits per heavy atom. The van der Waals surface area contributed by atoms with Crippen LogP contribution in [0.15, 0.2) is 60.8 Å². The average molecular weight is 482 g/mol. The summed E-state index contributed by atoms with van der Waals surface area (Å²) in [7, 11) is 0. The van der Waals surface area contributed by atoms with E-state index in [4.69, 9.17) is 0 Å². The van der Waals surface area contributed by atoms with Crippen LogP contribution in [-0.2, 0) is 6.54 Å². The number of piperazine rings is 2. The van der Waals surface area contributed by atoms with Crippen molar-refractivity contribution in [1.82, 2.24) is 20.0 Å². The highest BCUT2D eigenvalue weighted by Gasteiger charge is 2.25. The van der Waals surface area contributed by atoms with Crippen LogP contribution in [-0.4, -0.2) is 78.3 Å². The van der Waals surface area contributed by atoms with E-state index >= 15 is 0 Å². The van der Waals surface area contributed by atoms with Gasteiger partial charge in [-0.25, -0.2) is 0 Å². The predicted molar refractivity (Wildman–Crippen MR) is 140 cm³/mol. The molecule has 5 rings (SSSR count). The second-order valence-electron chi connectivity index (χ2n) is 9.40. The van der Waals surface area contributed by atoms with Gasteiger partial charge in [0.1, 0.15) is 6.07 Å². The number of para-hydroxylation sites is 1. The Morgan fingerprint density at radius 1 is 0.917 bits per heavy atom. The van der Waals surface area contributed by atoms with Gasteiger partial charge in [0.2, 0.25) is 0 Å². The molecular formula is C28H31N7O. The van der Waals surface area contributed by atoms with Crippen LogP contribution in [0.3, 0.4) is 0 Å². The molecule has 2 aromatic carbocycles. The van der Waals surface area contributed by atoms with Gasteiger partial charge < -0.3 is 14.7 Å². The Morgan fingerprint density at radius 2 is 1.67 bits per heavy atom. The Labute approximate surface area is 212 Å². The van der Waals surface area contributed by atoms with Crippen LogP contribution in [0.5, 0.6) is 0 Å². The third kappa shape index (κ3) is 5.16. The number of hydrogen-bond acceptors (Lipinski definition) is 7. The summed E-state index contributed by atoms with van der Waals surface area (Å²) in [5, 5.41) is 17.6. The van der Waals surface area contributed by atoms with Gasteiger partial charge in [0, 0.05) is 70.7 Å². The van der Waals surface area contributed by atoms with Crippen LogP contribution in [0.2, 0.25) is 0 Å². The van der Waals surface area contributed by atoms with Crippen molar-refractivity contribution >= 4 is 17.4 Å². The molecule has 0 bridgehead atoms. The minimum absolute atomic E-state index is 0.103. The molecule has 2 aliphatic rings. The van der Waals surface area contributed by atoms with E-state index in [9.17, 15) is 10.1 Å². The number of anilines is 2. The molecule has 184 valence electrons. The third-order valence-electron chi connectivity index (χ3n) is 7.13. The van der Waals surface area contributed by atoms with E-state index in [1.165, 1.54) is 0 Å². The summed E-state index contributed by atoms with van der Waals surface area (Å²) in [6, 6.07) is 20.2. The predicted octanol–water partition coefficient (Wildman–Crippen LogP) is 2.94. The van der Waals surface area contributed by atoms with Gasteiger partial charge >= 0.3 is 0 Å². The highest BCUT2D eigenvalue weighted by atomic mass is 16.2. The lowest BCUT2D eigenvalue weighted by Gasteiger charge is -2.36. The summed E-state index contributed by atoms with van der Waals surface area (Å²) < 4.78 is 0. The fourth-order valence-corrected chi connectivity index (χ4v) is 5.02. The molecule has 2 aliphatic heterocycles. The summed E-state index contributed by atoms with van der Waals surface area (Å²) in [5.74, 6) is 0.963. The summed E-state index contributed by atoms with van der Waals surface area (Å²) >= 11 is 0. The molecule has 0 radical (unpaired) electrons. The minimum Gasteiger partial charge on any atom is -0.368 e. The zero-order chi connectivity index (χ0) is 24.9. The lowest BCUT2D eigenvalue weighted by atomic mass is 10.0. The standard InChI is InChI=1S/C28H31N7O/c1-22-8-9-23(21-32-11-13-33(14-12-32)26-6-3-2-5-24(26)20-29)19-25(22)28(36)35-17-15-34(16-18-35)27-7-4-10-30-31-27/h2-10,19H,11-18,21H2,1H3. The van der Waals surface area contributed by atoms with Gasteiger partial charge in [-0.2, -0.15) is 10.4 Å². The molecular weight excluding hydrogens is 450 g/mol. The highest BCUT2D eigenvalue weighted by molar-refractivity contribution is 5.96. The van der Waals surface area contributed by atoms with E-state index in [2.05, 4.69) is 49.2 Å². The topological polar surface area (TPSA) is 79.6 Å². The van der Waals surface area contributed by atoms with Crippen molar-refractivity contribution in [2.24, 2.45) is 0 Å². The first kappa shape index (κ1) is 23.8. The van der Waals surface area contributed by atoms with Gasteiger partial charge in [-0.1, -0.05) is 24.3 Å². The van der Waals surface area contributed by atoms with Crippen LogP contribution in [0, 0.1) is 18.3 Å². The van der Waals surface area contributed by atoms with Crippen molar-refractivity contribution in [1.29, 1.82) is 5.26 Å². The number of hydrogen-bond donors (Lipinski definition) is 0. The van der Waals surface area contributed by atoms with E-state index in [-0.39, 0.29) is 5.91 Å². The fraction of sp³-hybridized carbons (Fsp3) is 0.357. The number of nitrogens with zero attached hydrogens (tertiary/aromatic N) is 7. The molecule has 0 aliphatic carbocycles. The largest absolute Gasteiger partial charge is 0.368 e. The second-order valence-corrected chi connectivity index (χ2v) is 9.40. The summed E-state index contributed by atoms with van der Waals surface area (Å²) in [6.07, 6.45) is 1.67. The van der Waals surface area contributed by atoms with Crippen LogP contribution in [0.1, 0.15) is 27.0 Å². The number of aryl methyl sites for hydroxylation is 1. The molecule has 8 nitrogen and oxygen atoms in total. The lowest BCUT2D eigenvalue weighted by Crippen LogP contribution is -2.49. The number of nitriles is 1. The summed E-state index contributed by atoms with van der Waals surface area (Å²) in [5.41, 5.74) is 4.71. The monoisotopic (exact) mass is 481 g/mol. The molecule has 8 heteroatoms. The number of amides is 1. The molecule has 0 spiro atoms. The molecule has 36 heavy (non-hydrogen) atoms. The van der Waals surface area contributed by atoms with E-state index in [0.29, 0.717) is 13.1 Å². The molecule has 1 amide bonds. The number of carbonyl (C=O) groups excluding carboxylic acids is 1. The maximum absolute atomic E-state index is 13.4. The molecule has 3 heterocycles. The van der Waals surface area contributed by atoms with Crippen molar-refractivity contribution in [3.8, 4) is 6.07 Å². The average Bonchev–Trinajstić information content (AvgIpc) is 2.94. The summed E-state index contributed by atoms with van der Waals surface area (Å²) in [6.45, 7) is 9.27. The van der Waals surface area contributed by atoms with Gasteiger partial charge in [0.25, 0.3) is 5.91 Å². The van der Waals surface area contributed by atoms with Crippen molar-refractivity contribution in [3.05, 3.63) is 83.0 Å². The zero-order valence-electron chi connectivity index (χ0n) is 20.7. The first-order valence-corrected chi connectivity index (χ1v) is 12.5. The van der Waals surface area contributed by atoms with Crippen molar-refractivity contribution in [3.63, 3.8) is 0 Å². The Bertz CT molecular complexity index is 1240. The van der Waals surface area contributed by atoms with Crippen molar-refractivity contribution in [2.45, 2.75) is 13.5 Å². The maximum Gasteiger partial charge on any atom is 0.254 e. The Hall–Kier alpha value is -3.96. The summed E-state index contributed by atoms with van der Waals surface area (Å²) in [4.78, 5) is 22.2. The minimum atomic E-state index is 0.103. The second kappa shape index (κ2) is 10.8. The maximum atomic E-state index is 13.4. The van der Waals surface area contributed by atoms with Crippen molar-refractivity contribution in [2.75, 3.05) is 62.2 Å². The smallest absolute Gasteiger partial charge is 0.254 e. The molecule has 1 aromatic heterocycles. The first-order chi connectivity index (χ1) is 17.6. The molecule has 0 atom stereocenters. The van der Waals surface area contributed by atoms with E-state index in [1.807, 2.05) is 48.2 Å². The van der Waals surface area contributed by atoms with Gasteiger partial charge in [-0.15, -0.1) is 5.10 Å². The number of aromatic nitrogens is 2. The van der Waals surface area contributed by atoms with E-state index in [0.717, 1.165) is 79.6 Å². The van der Waals surface area contributed by atoms with Crippen LogP contribution >= 0.6 is 0 Å². The van der Waals surface area contributed by atoms with Gasteiger partial charge in [0.05, 0.1) is 11.3 Å². The Kier molecular flexibility index (Phi) is 7.10. The number of benzene rings is 2. The Balaban J connectivity index is 1.19. The fourth-order valence-electron chi connectivity index (χ4n) is 5.02. The quantitative estimate of drug-likeness (QED) is 0.554. The molecule has 0 unspecified atom stereocenters. The molecule has 2 saturated heterocycles. The van der Waals surface area contributed by atoms with Gasteiger partial charge in [0.15, 0.2) is 5.82 Å². The zero-order valence-corrected chi connectivity index (χ0v) is 20.7. The SMILES string of the molecule is Cc1ccc(CN2CCN(c3ccccc3C#N)CC2)cc1C(=O)N1CCN(c2cccnn2)CC1. The number of rotatable bonds is 5. The first-order valence-electron chi connectivity index (χ1n) is 12.5. The van der Waals surface area contributed by atoms with E-state index in [1.54, 1.807) is 6.20 Å². The van der Waals surface area contributed by atoms with E-state index < -0.39 is 0 Å². The molecule has 0 saturated carbocycles. The van der Waals surface area contributed by atoms with Crippen LogP contribution < -0.4 is 9.80 Å². The molecule has 0 N–H and O–H groups in total. The van der Waals surface area contributed by atoms with Crippen LogP contribution in [0.25, 0.3) is 0 Å². The molecule has 3 aromatic rings. The molecule has 2 fully saturated rings. The number of carbonyl (C=O) groups is 1. The normalized spacial score (nSPS) is 16.6. The lowest BCUT2D eigenvalue weighted by molar-refractivity contribution is 0.0745.